The molecule has 1 amide bonds. The third kappa shape index (κ3) is 3.86. The van der Waals surface area contributed by atoms with Gasteiger partial charge < -0.3 is 4.74 Å². The molecule has 0 unspecified atom stereocenters. The van der Waals surface area contributed by atoms with Crippen molar-refractivity contribution in [3.63, 3.8) is 0 Å². The lowest BCUT2D eigenvalue weighted by atomic mass is 10.1. The fourth-order valence-corrected chi connectivity index (χ4v) is 3.12. The number of hydrazone groups is 1. The first-order valence-electron chi connectivity index (χ1n) is 9.17. The maximum absolute atomic E-state index is 12.3. The average Bonchev–Trinajstić information content (AvgIpc) is 2.73. The van der Waals surface area contributed by atoms with E-state index in [-0.39, 0.29) is 5.91 Å². The Morgan fingerprint density at radius 3 is 2.46 bits per heavy atom. The molecule has 0 fully saturated rings. The van der Waals surface area contributed by atoms with Crippen molar-refractivity contribution in [2.45, 2.75) is 13.0 Å². The number of benzene rings is 4. The summed E-state index contributed by atoms with van der Waals surface area (Å²) in [5, 5.41) is 8.52. The van der Waals surface area contributed by atoms with E-state index < -0.39 is 6.10 Å². The topological polar surface area (TPSA) is 50.7 Å². The van der Waals surface area contributed by atoms with Crippen molar-refractivity contribution in [3.8, 4) is 5.75 Å². The predicted molar refractivity (Wildman–Crippen MR) is 114 cm³/mol. The largest absolute Gasteiger partial charge is 0.481 e. The van der Waals surface area contributed by atoms with E-state index in [9.17, 15) is 4.79 Å². The lowest BCUT2D eigenvalue weighted by molar-refractivity contribution is -0.127. The predicted octanol–water partition coefficient (Wildman–Crippen LogP) is 4.91. The zero-order chi connectivity index (χ0) is 19.3. The summed E-state index contributed by atoms with van der Waals surface area (Å²) >= 11 is 0. The lowest BCUT2D eigenvalue weighted by Crippen LogP contribution is -2.33. The highest BCUT2D eigenvalue weighted by Crippen LogP contribution is 2.21. The number of hydrogen-bond acceptors (Lipinski definition) is 3. The van der Waals surface area contributed by atoms with Crippen molar-refractivity contribution < 1.29 is 9.53 Å². The first-order chi connectivity index (χ1) is 13.7. The molecule has 1 atom stereocenters. The van der Waals surface area contributed by atoms with Crippen LogP contribution in [0, 0.1) is 0 Å². The van der Waals surface area contributed by atoms with Gasteiger partial charge in [-0.05, 0) is 40.6 Å². The van der Waals surface area contributed by atoms with E-state index in [1.165, 1.54) is 0 Å². The second-order valence-corrected chi connectivity index (χ2v) is 6.57. The van der Waals surface area contributed by atoms with E-state index >= 15 is 0 Å². The number of nitrogens with zero attached hydrogens (tertiary/aromatic N) is 1. The van der Waals surface area contributed by atoms with Crippen LogP contribution in [0.3, 0.4) is 0 Å². The van der Waals surface area contributed by atoms with Gasteiger partial charge in [0.25, 0.3) is 5.91 Å². The summed E-state index contributed by atoms with van der Waals surface area (Å²) < 4.78 is 5.77. The number of rotatable bonds is 5. The van der Waals surface area contributed by atoms with Crippen LogP contribution < -0.4 is 10.2 Å². The highest BCUT2D eigenvalue weighted by Gasteiger charge is 2.14. The van der Waals surface area contributed by atoms with Gasteiger partial charge in [0.2, 0.25) is 0 Å². The van der Waals surface area contributed by atoms with Gasteiger partial charge in [-0.2, -0.15) is 5.10 Å². The molecule has 0 heterocycles. The molecule has 4 nitrogen and oxygen atoms in total. The second kappa shape index (κ2) is 7.92. The van der Waals surface area contributed by atoms with Gasteiger partial charge in [-0.1, -0.05) is 72.8 Å². The van der Waals surface area contributed by atoms with Crippen molar-refractivity contribution in [1.29, 1.82) is 0 Å². The molecule has 4 heteroatoms. The molecular formula is C24H20N2O2. The van der Waals surface area contributed by atoms with Crippen molar-refractivity contribution in [1.82, 2.24) is 5.43 Å². The van der Waals surface area contributed by atoms with E-state index in [0.717, 1.165) is 27.1 Å². The van der Waals surface area contributed by atoms with Gasteiger partial charge in [-0.3, -0.25) is 4.79 Å². The van der Waals surface area contributed by atoms with Gasteiger partial charge in [0.05, 0.1) is 6.21 Å². The zero-order valence-electron chi connectivity index (χ0n) is 15.5. The standard InChI is InChI=1S/C24H20N2O2/c1-17(28-22-14-13-18-7-2-3-9-20(18)15-22)24(27)26-25-16-21-11-6-10-19-8-4-5-12-23(19)21/h2-17H,1H3,(H,26,27)/b25-16-/t17-/m1/s1. The number of amides is 1. The van der Waals surface area contributed by atoms with E-state index in [0.29, 0.717) is 5.75 Å². The summed E-state index contributed by atoms with van der Waals surface area (Å²) in [6.07, 6.45) is 0.994. The molecule has 28 heavy (non-hydrogen) atoms. The normalized spacial score (nSPS) is 12.3. The lowest BCUT2D eigenvalue weighted by Gasteiger charge is -2.13. The van der Waals surface area contributed by atoms with Gasteiger partial charge in [-0.25, -0.2) is 5.43 Å². The highest BCUT2D eigenvalue weighted by atomic mass is 16.5. The molecule has 0 radical (unpaired) electrons. The van der Waals surface area contributed by atoms with Crippen LogP contribution in [0.5, 0.6) is 5.75 Å². The number of carbonyl (C=O) groups excluding carboxylic acids is 1. The Morgan fingerprint density at radius 2 is 1.61 bits per heavy atom. The summed E-state index contributed by atoms with van der Waals surface area (Å²) in [5.74, 6) is 0.351. The molecule has 0 aliphatic carbocycles. The molecule has 0 saturated carbocycles. The van der Waals surface area contributed by atoms with Crippen LogP contribution in [-0.4, -0.2) is 18.2 Å². The molecule has 0 saturated heterocycles. The first kappa shape index (κ1) is 17.7. The fourth-order valence-electron chi connectivity index (χ4n) is 3.12. The molecular weight excluding hydrogens is 348 g/mol. The maximum atomic E-state index is 12.3. The smallest absolute Gasteiger partial charge is 0.280 e. The molecule has 1 N–H and O–H groups in total. The first-order valence-corrected chi connectivity index (χ1v) is 9.17. The quantitative estimate of drug-likeness (QED) is 0.402. The minimum atomic E-state index is -0.661. The molecule has 138 valence electrons. The maximum Gasteiger partial charge on any atom is 0.280 e. The molecule has 4 aromatic rings. The summed E-state index contributed by atoms with van der Waals surface area (Å²) in [6.45, 7) is 1.71. The Labute approximate surface area is 163 Å². The van der Waals surface area contributed by atoms with Crippen molar-refractivity contribution >= 4 is 33.7 Å². The number of carbonyl (C=O) groups is 1. The summed E-state index contributed by atoms with van der Waals surface area (Å²) in [5.41, 5.74) is 3.50. The Bertz CT molecular complexity index is 1160. The van der Waals surface area contributed by atoms with Crippen LogP contribution in [-0.2, 0) is 4.79 Å². The second-order valence-electron chi connectivity index (χ2n) is 6.57. The highest BCUT2D eigenvalue weighted by molar-refractivity contribution is 6.00. The SMILES string of the molecule is C[C@@H](Oc1ccc2ccccc2c1)C(=O)N/N=C\c1cccc2ccccc12. The van der Waals surface area contributed by atoms with Crippen LogP contribution in [0.4, 0.5) is 0 Å². The molecule has 0 spiro atoms. The Kier molecular flexibility index (Phi) is 5.02. The molecule has 4 aromatic carbocycles. The van der Waals surface area contributed by atoms with Crippen molar-refractivity contribution in [3.05, 3.63) is 90.5 Å². The summed E-state index contributed by atoms with van der Waals surface area (Å²) in [6, 6.07) is 27.8. The molecule has 0 aliphatic rings. The van der Waals surface area contributed by atoms with Crippen LogP contribution >= 0.6 is 0 Å². The Hall–Kier alpha value is -3.66. The van der Waals surface area contributed by atoms with Crippen molar-refractivity contribution in [2.24, 2.45) is 5.10 Å². The zero-order valence-corrected chi connectivity index (χ0v) is 15.5. The van der Waals surface area contributed by atoms with Gasteiger partial charge in [0.15, 0.2) is 6.10 Å². The van der Waals surface area contributed by atoms with E-state index in [2.05, 4.69) is 10.5 Å². The van der Waals surface area contributed by atoms with Gasteiger partial charge in [0.1, 0.15) is 5.75 Å². The third-order valence-electron chi connectivity index (χ3n) is 4.60. The van der Waals surface area contributed by atoms with E-state index in [1.54, 1.807) is 13.1 Å². The summed E-state index contributed by atoms with van der Waals surface area (Å²) in [7, 11) is 0. The van der Waals surface area contributed by atoms with E-state index in [4.69, 9.17) is 4.74 Å². The van der Waals surface area contributed by atoms with Crippen LogP contribution in [0.2, 0.25) is 0 Å². The Morgan fingerprint density at radius 1 is 0.893 bits per heavy atom. The fraction of sp³-hybridized carbons (Fsp3) is 0.0833. The number of hydrogen-bond donors (Lipinski definition) is 1. The third-order valence-corrected chi connectivity index (χ3v) is 4.60. The van der Waals surface area contributed by atoms with Crippen molar-refractivity contribution in [2.75, 3.05) is 0 Å². The van der Waals surface area contributed by atoms with Gasteiger partial charge in [0, 0.05) is 5.56 Å². The number of nitrogens with one attached hydrogen (secondary N) is 1. The molecule has 0 aliphatic heterocycles. The van der Waals surface area contributed by atoms with Gasteiger partial charge in [-0.15, -0.1) is 0 Å². The summed E-state index contributed by atoms with van der Waals surface area (Å²) in [4.78, 5) is 12.3. The number of ether oxygens (including phenoxy) is 1. The van der Waals surface area contributed by atoms with Gasteiger partial charge >= 0.3 is 0 Å². The molecule has 4 rings (SSSR count). The van der Waals surface area contributed by atoms with Crippen LogP contribution in [0.1, 0.15) is 12.5 Å². The molecule has 0 aromatic heterocycles. The minimum absolute atomic E-state index is 0.301. The monoisotopic (exact) mass is 368 g/mol. The minimum Gasteiger partial charge on any atom is -0.481 e. The van der Waals surface area contributed by atoms with Crippen LogP contribution in [0.15, 0.2) is 90.0 Å². The number of fused-ring (bicyclic) bond motifs is 2. The van der Waals surface area contributed by atoms with E-state index in [1.807, 2.05) is 84.9 Å². The molecule has 0 bridgehead atoms. The average molecular weight is 368 g/mol. The Balaban J connectivity index is 1.41. The van der Waals surface area contributed by atoms with Crippen LogP contribution in [0.25, 0.3) is 21.5 Å².